The third-order valence-corrected chi connectivity index (χ3v) is 3.64. The molecule has 120 valence electrons. The number of hydrogen-bond acceptors (Lipinski definition) is 6. The summed E-state index contributed by atoms with van der Waals surface area (Å²) in [7, 11) is -3.52. The zero-order chi connectivity index (χ0) is 15.8. The Balaban J connectivity index is 1.66. The van der Waals surface area contributed by atoms with E-state index in [0.29, 0.717) is 25.6 Å². The van der Waals surface area contributed by atoms with E-state index in [1.54, 1.807) is 6.20 Å². The first-order chi connectivity index (χ1) is 10.6. The number of hydrogen-bond donors (Lipinski definition) is 2. The van der Waals surface area contributed by atoms with Crippen LogP contribution in [-0.2, 0) is 24.4 Å². The molecule has 0 saturated carbocycles. The molecule has 0 aliphatic heterocycles. The Kier molecular flexibility index (Phi) is 6.47. The standard InChI is InChI=1S/C14H18N2O4S2/c17-22(18,21)20-11-9-15-7-3-10-19-14-13-5-2-1-4-12(13)6-8-16-14/h1-2,4-6,8,15H,3,7,9-11H2,(H,17,18,21). The maximum absolute atomic E-state index is 10.7. The van der Waals surface area contributed by atoms with Gasteiger partial charge in [-0.25, -0.2) is 4.98 Å². The Morgan fingerprint density at radius 2 is 2.05 bits per heavy atom. The molecule has 0 saturated heterocycles. The SMILES string of the molecule is O=S(O)(=S)OCCNCCCOc1nccc2ccccc12. The molecule has 0 bridgehead atoms. The van der Waals surface area contributed by atoms with Gasteiger partial charge in [-0.1, -0.05) is 18.2 Å². The molecule has 22 heavy (non-hydrogen) atoms. The van der Waals surface area contributed by atoms with Gasteiger partial charge in [0.15, 0.2) is 0 Å². The van der Waals surface area contributed by atoms with Crippen LogP contribution in [0.4, 0.5) is 0 Å². The quantitative estimate of drug-likeness (QED) is 0.672. The van der Waals surface area contributed by atoms with Crippen molar-refractivity contribution in [3.05, 3.63) is 36.5 Å². The first-order valence-corrected chi connectivity index (χ1v) is 9.22. The largest absolute Gasteiger partial charge is 0.477 e. The van der Waals surface area contributed by atoms with E-state index in [1.165, 1.54) is 0 Å². The minimum absolute atomic E-state index is 0.102. The molecule has 8 heteroatoms. The predicted molar refractivity (Wildman–Crippen MR) is 88.8 cm³/mol. The first kappa shape index (κ1) is 17.0. The van der Waals surface area contributed by atoms with E-state index in [-0.39, 0.29) is 6.61 Å². The molecule has 0 spiro atoms. The van der Waals surface area contributed by atoms with Crippen molar-refractivity contribution in [1.82, 2.24) is 10.3 Å². The highest BCUT2D eigenvalue weighted by Crippen LogP contribution is 2.22. The van der Waals surface area contributed by atoms with Gasteiger partial charge in [0.05, 0.1) is 13.2 Å². The highest BCUT2D eigenvalue weighted by Gasteiger charge is 2.02. The maximum atomic E-state index is 10.7. The van der Waals surface area contributed by atoms with Gasteiger partial charge in [-0.15, -0.1) is 0 Å². The van der Waals surface area contributed by atoms with Crippen LogP contribution in [0.3, 0.4) is 0 Å². The van der Waals surface area contributed by atoms with E-state index in [0.717, 1.165) is 17.2 Å². The van der Waals surface area contributed by atoms with Gasteiger partial charge in [0.25, 0.3) is 9.05 Å². The normalized spacial score (nSPS) is 13.9. The lowest BCUT2D eigenvalue weighted by molar-refractivity contribution is 0.286. The van der Waals surface area contributed by atoms with Crippen LogP contribution in [0.2, 0.25) is 0 Å². The van der Waals surface area contributed by atoms with Crippen LogP contribution in [0.25, 0.3) is 10.8 Å². The molecule has 2 N–H and O–H groups in total. The second kappa shape index (κ2) is 8.35. The van der Waals surface area contributed by atoms with Crippen molar-refractivity contribution in [2.75, 3.05) is 26.3 Å². The third kappa shape index (κ3) is 5.82. The second-order valence-electron chi connectivity index (χ2n) is 4.54. The number of aromatic nitrogens is 1. The summed E-state index contributed by atoms with van der Waals surface area (Å²) in [4.78, 5) is 4.25. The number of benzene rings is 1. The molecule has 0 aliphatic carbocycles. The van der Waals surface area contributed by atoms with Crippen molar-refractivity contribution >= 4 is 31.0 Å². The summed E-state index contributed by atoms with van der Waals surface area (Å²) < 4.78 is 29.7. The molecule has 2 aromatic rings. The van der Waals surface area contributed by atoms with Gasteiger partial charge < -0.3 is 10.1 Å². The maximum Gasteiger partial charge on any atom is 0.266 e. The molecule has 1 heterocycles. The van der Waals surface area contributed by atoms with E-state index >= 15 is 0 Å². The fraction of sp³-hybridized carbons (Fsp3) is 0.357. The average Bonchev–Trinajstić information content (AvgIpc) is 2.49. The van der Waals surface area contributed by atoms with Gasteiger partial charge in [0.2, 0.25) is 5.88 Å². The second-order valence-corrected chi connectivity index (χ2v) is 6.89. The summed E-state index contributed by atoms with van der Waals surface area (Å²) >= 11 is 4.20. The van der Waals surface area contributed by atoms with Gasteiger partial charge in [0, 0.05) is 29.3 Å². The lowest BCUT2D eigenvalue weighted by atomic mass is 10.2. The van der Waals surface area contributed by atoms with Crippen molar-refractivity contribution < 1.29 is 17.7 Å². The van der Waals surface area contributed by atoms with Crippen LogP contribution in [0.5, 0.6) is 5.88 Å². The fourth-order valence-corrected chi connectivity index (χ4v) is 2.42. The average molecular weight is 342 g/mol. The number of pyridine rings is 1. The lowest BCUT2D eigenvalue weighted by Gasteiger charge is -2.08. The lowest BCUT2D eigenvalue weighted by Crippen LogP contribution is -2.23. The molecule has 0 aliphatic rings. The summed E-state index contributed by atoms with van der Waals surface area (Å²) in [5, 5.41) is 5.16. The summed E-state index contributed by atoms with van der Waals surface area (Å²) in [6, 6.07) is 9.88. The van der Waals surface area contributed by atoms with Crippen LogP contribution in [0.1, 0.15) is 6.42 Å². The van der Waals surface area contributed by atoms with E-state index in [1.807, 2.05) is 30.3 Å². The molecule has 2 rings (SSSR count). The van der Waals surface area contributed by atoms with E-state index in [9.17, 15) is 4.21 Å². The molecule has 0 radical (unpaired) electrons. The minimum Gasteiger partial charge on any atom is -0.477 e. The van der Waals surface area contributed by atoms with Crippen LogP contribution < -0.4 is 10.1 Å². The van der Waals surface area contributed by atoms with E-state index < -0.39 is 9.05 Å². The van der Waals surface area contributed by atoms with Crippen molar-refractivity contribution in [3.8, 4) is 5.88 Å². The number of fused-ring (bicyclic) bond motifs is 1. The van der Waals surface area contributed by atoms with Crippen LogP contribution >= 0.6 is 0 Å². The summed E-state index contributed by atoms with van der Waals surface area (Å²) in [5.74, 6) is 0.632. The molecule has 6 nitrogen and oxygen atoms in total. The minimum atomic E-state index is -3.52. The van der Waals surface area contributed by atoms with Gasteiger partial charge >= 0.3 is 0 Å². The highest BCUT2D eigenvalue weighted by atomic mass is 32.9. The smallest absolute Gasteiger partial charge is 0.266 e. The summed E-state index contributed by atoms with van der Waals surface area (Å²) in [6.45, 7) is 1.80. The van der Waals surface area contributed by atoms with Gasteiger partial charge in [-0.05, 0) is 30.5 Å². The molecule has 0 amide bonds. The number of ether oxygens (including phenoxy) is 1. The number of nitrogens with one attached hydrogen (secondary N) is 1. The van der Waals surface area contributed by atoms with Gasteiger partial charge in [-0.3, -0.25) is 8.74 Å². The Bertz CT molecular complexity index is 702. The highest BCUT2D eigenvalue weighted by molar-refractivity contribution is 8.27. The van der Waals surface area contributed by atoms with E-state index in [2.05, 4.69) is 25.7 Å². The topological polar surface area (TPSA) is 80.7 Å². The Labute approximate surface area is 134 Å². The first-order valence-electron chi connectivity index (χ1n) is 6.85. The molecule has 1 aromatic carbocycles. The summed E-state index contributed by atoms with van der Waals surface area (Å²) in [5.41, 5.74) is 0. The Morgan fingerprint density at radius 1 is 1.23 bits per heavy atom. The Morgan fingerprint density at radius 3 is 2.86 bits per heavy atom. The third-order valence-electron chi connectivity index (χ3n) is 2.88. The molecule has 1 unspecified atom stereocenters. The van der Waals surface area contributed by atoms with Crippen molar-refractivity contribution in [2.45, 2.75) is 6.42 Å². The van der Waals surface area contributed by atoms with Crippen molar-refractivity contribution in [1.29, 1.82) is 0 Å². The molecule has 0 fully saturated rings. The van der Waals surface area contributed by atoms with Gasteiger partial charge in [-0.2, -0.15) is 4.21 Å². The number of rotatable bonds is 9. The predicted octanol–water partition coefficient (Wildman–Crippen LogP) is 1.74. The fourth-order valence-electron chi connectivity index (χ4n) is 1.92. The zero-order valence-electron chi connectivity index (χ0n) is 11.9. The van der Waals surface area contributed by atoms with Crippen molar-refractivity contribution in [2.24, 2.45) is 0 Å². The molecule has 1 aromatic heterocycles. The molecule has 1 atom stereocenters. The van der Waals surface area contributed by atoms with Crippen LogP contribution in [0, 0.1) is 0 Å². The van der Waals surface area contributed by atoms with E-state index in [4.69, 9.17) is 9.29 Å². The number of nitrogens with zero attached hydrogens (tertiary/aromatic N) is 1. The van der Waals surface area contributed by atoms with Crippen LogP contribution in [-0.4, -0.2) is 40.0 Å². The summed E-state index contributed by atoms with van der Waals surface area (Å²) in [6.07, 6.45) is 2.52. The Hall–Kier alpha value is -1.32. The zero-order valence-corrected chi connectivity index (χ0v) is 13.6. The van der Waals surface area contributed by atoms with Crippen LogP contribution in [0.15, 0.2) is 36.5 Å². The van der Waals surface area contributed by atoms with Gasteiger partial charge in [0.1, 0.15) is 0 Å². The molecular weight excluding hydrogens is 324 g/mol. The molecular formula is C14H18N2O4S2. The monoisotopic (exact) mass is 342 g/mol. The van der Waals surface area contributed by atoms with Crippen molar-refractivity contribution in [3.63, 3.8) is 0 Å².